The molecule has 0 aliphatic heterocycles. The van der Waals surface area contributed by atoms with Crippen molar-refractivity contribution in [2.24, 2.45) is 0 Å². The highest BCUT2D eigenvalue weighted by atomic mass is 79.9. The van der Waals surface area contributed by atoms with E-state index in [1.54, 1.807) is 28.0 Å². The number of nitrogens with zero attached hydrogens (tertiary/aromatic N) is 4. The zero-order valence-corrected chi connectivity index (χ0v) is 13.0. The third-order valence-corrected chi connectivity index (χ3v) is 3.76. The molecule has 0 unspecified atom stereocenters. The minimum Gasteiger partial charge on any atom is -0.287 e. The number of carbonyl (C=O) groups excluding carboxylic acids is 1. The van der Waals surface area contributed by atoms with Crippen LogP contribution in [0.4, 0.5) is 0 Å². The number of ketones is 1. The molecule has 0 radical (unpaired) electrons. The maximum Gasteiger partial charge on any atom is 0.215 e. The molecule has 3 rings (SSSR count). The first-order valence-corrected chi connectivity index (χ1v) is 7.36. The smallest absolute Gasteiger partial charge is 0.215 e. The van der Waals surface area contributed by atoms with Gasteiger partial charge in [-0.1, -0.05) is 18.2 Å². The molecular weight excluding hydrogens is 332 g/mol. The van der Waals surface area contributed by atoms with Crippen LogP contribution in [0.25, 0.3) is 5.69 Å². The standard InChI is InChI=1S/C15H13BrN4O/c1-2-19-14(13(16)9-18-19)15(21)11-8-17-20(10-11)12-6-4-3-5-7-12/h3-10H,2H2,1H3. The molecule has 6 heteroatoms. The fourth-order valence-corrected chi connectivity index (χ4v) is 2.60. The van der Waals surface area contributed by atoms with Crippen LogP contribution in [-0.2, 0) is 6.54 Å². The number of benzene rings is 1. The van der Waals surface area contributed by atoms with Gasteiger partial charge in [0.25, 0.3) is 0 Å². The second-order valence-electron chi connectivity index (χ2n) is 4.50. The number of hydrogen-bond donors (Lipinski definition) is 0. The molecule has 0 saturated heterocycles. The normalized spacial score (nSPS) is 10.8. The maximum atomic E-state index is 12.6. The van der Waals surface area contributed by atoms with Crippen LogP contribution in [0.1, 0.15) is 23.0 Å². The minimum absolute atomic E-state index is 0.0941. The fraction of sp³-hybridized carbons (Fsp3) is 0.133. The van der Waals surface area contributed by atoms with E-state index in [9.17, 15) is 4.79 Å². The van der Waals surface area contributed by atoms with Crippen LogP contribution in [0.15, 0.2) is 53.4 Å². The first kappa shape index (κ1) is 13.8. The van der Waals surface area contributed by atoms with Gasteiger partial charge in [0.05, 0.1) is 28.1 Å². The van der Waals surface area contributed by atoms with Gasteiger partial charge in [0.15, 0.2) is 0 Å². The van der Waals surface area contributed by atoms with Crippen molar-refractivity contribution in [3.05, 3.63) is 64.7 Å². The number of hydrogen-bond acceptors (Lipinski definition) is 3. The van der Waals surface area contributed by atoms with Crippen LogP contribution in [-0.4, -0.2) is 25.3 Å². The predicted molar refractivity (Wildman–Crippen MR) is 82.6 cm³/mol. The molecule has 106 valence electrons. The quantitative estimate of drug-likeness (QED) is 0.683. The van der Waals surface area contributed by atoms with Gasteiger partial charge in [-0.25, -0.2) is 4.68 Å². The second-order valence-corrected chi connectivity index (χ2v) is 5.35. The lowest BCUT2D eigenvalue weighted by atomic mass is 10.2. The zero-order valence-electron chi connectivity index (χ0n) is 11.4. The van der Waals surface area contributed by atoms with E-state index in [0.29, 0.717) is 22.3 Å². The van der Waals surface area contributed by atoms with Crippen molar-refractivity contribution in [2.75, 3.05) is 0 Å². The van der Waals surface area contributed by atoms with Gasteiger partial charge in [-0.05, 0) is 35.0 Å². The molecule has 0 aliphatic carbocycles. The molecule has 0 amide bonds. The maximum absolute atomic E-state index is 12.6. The third-order valence-electron chi connectivity index (χ3n) is 3.17. The average molecular weight is 345 g/mol. The monoisotopic (exact) mass is 344 g/mol. The Morgan fingerprint density at radius 2 is 1.95 bits per heavy atom. The van der Waals surface area contributed by atoms with E-state index in [-0.39, 0.29) is 5.78 Å². The molecule has 21 heavy (non-hydrogen) atoms. The van der Waals surface area contributed by atoms with Crippen molar-refractivity contribution >= 4 is 21.7 Å². The Kier molecular flexibility index (Phi) is 3.70. The highest BCUT2D eigenvalue weighted by Crippen LogP contribution is 2.20. The summed E-state index contributed by atoms with van der Waals surface area (Å²) in [4.78, 5) is 12.6. The summed E-state index contributed by atoms with van der Waals surface area (Å²) in [7, 11) is 0. The van der Waals surface area contributed by atoms with Gasteiger partial charge in [-0.2, -0.15) is 10.2 Å². The van der Waals surface area contributed by atoms with E-state index in [1.807, 2.05) is 37.3 Å². The molecule has 3 aromatic rings. The average Bonchev–Trinajstić information content (AvgIpc) is 3.14. The van der Waals surface area contributed by atoms with Crippen molar-refractivity contribution in [1.82, 2.24) is 19.6 Å². The van der Waals surface area contributed by atoms with Gasteiger partial charge < -0.3 is 0 Å². The molecule has 0 aliphatic rings. The number of para-hydroxylation sites is 1. The Balaban J connectivity index is 1.97. The molecule has 2 aromatic heterocycles. The van der Waals surface area contributed by atoms with Crippen LogP contribution in [0, 0.1) is 0 Å². The van der Waals surface area contributed by atoms with E-state index in [0.717, 1.165) is 5.69 Å². The SMILES string of the molecule is CCn1ncc(Br)c1C(=O)c1cnn(-c2ccccc2)c1. The van der Waals surface area contributed by atoms with Crippen molar-refractivity contribution in [2.45, 2.75) is 13.5 Å². The van der Waals surface area contributed by atoms with E-state index < -0.39 is 0 Å². The largest absolute Gasteiger partial charge is 0.287 e. The van der Waals surface area contributed by atoms with Gasteiger partial charge in [0.2, 0.25) is 5.78 Å². The molecule has 0 atom stereocenters. The molecule has 5 nitrogen and oxygen atoms in total. The lowest BCUT2D eigenvalue weighted by Crippen LogP contribution is -2.10. The molecule has 1 aromatic carbocycles. The highest BCUT2D eigenvalue weighted by Gasteiger charge is 2.19. The van der Waals surface area contributed by atoms with Gasteiger partial charge in [-0.3, -0.25) is 9.48 Å². The summed E-state index contributed by atoms with van der Waals surface area (Å²) >= 11 is 3.38. The van der Waals surface area contributed by atoms with Crippen molar-refractivity contribution in [1.29, 1.82) is 0 Å². The van der Waals surface area contributed by atoms with Crippen LogP contribution < -0.4 is 0 Å². The lowest BCUT2D eigenvalue weighted by molar-refractivity contribution is 0.102. The Morgan fingerprint density at radius 1 is 1.19 bits per heavy atom. The summed E-state index contributed by atoms with van der Waals surface area (Å²) in [6.07, 6.45) is 4.95. The fourth-order valence-electron chi connectivity index (χ4n) is 2.13. The summed E-state index contributed by atoms with van der Waals surface area (Å²) in [6.45, 7) is 2.59. The van der Waals surface area contributed by atoms with Gasteiger partial charge in [0, 0.05) is 12.7 Å². The summed E-state index contributed by atoms with van der Waals surface area (Å²) in [6, 6.07) is 9.68. The minimum atomic E-state index is -0.0941. The first-order valence-electron chi connectivity index (χ1n) is 6.56. The molecule has 0 spiro atoms. The van der Waals surface area contributed by atoms with E-state index in [2.05, 4.69) is 26.1 Å². The van der Waals surface area contributed by atoms with Crippen LogP contribution in [0.2, 0.25) is 0 Å². The Morgan fingerprint density at radius 3 is 2.67 bits per heavy atom. The number of rotatable bonds is 4. The summed E-state index contributed by atoms with van der Waals surface area (Å²) in [5.41, 5.74) is 2.00. The Labute approximate surface area is 130 Å². The topological polar surface area (TPSA) is 52.7 Å². The summed E-state index contributed by atoms with van der Waals surface area (Å²) < 4.78 is 4.06. The van der Waals surface area contributed by atoms with E-state index >= 15 is 0 Å². The number of halogens is 1. The molecule has 0 fully saturated rings. The first-order chi connectivity index (χ1) is 10.2. The van der Waals surface area contributed by atoms with Gasteiger partial charge >= 0.3 is 0 Å². The zero-order chi connectivity index (χ0) is 14.8. The molecule has 0 N–H and O–H groups in total. The number of aryl methyl sites for hydroxylation is 1. The number of aromatic nitrogens is 4. The highest BCUT2D eigenvalue weighted by molar-refractivity contribution is 9.10. The molecule has 0 saturated carbocycles. The second kappa shape index (κ2) is 5.65. The van der Waals surface area contributed by atoms with Crippen molar-refractivity contribution in [3.63, 3.8) is 0 Å². The summed E-state index contributed by atoms with van der Waals surface area (Å²) in [5, 5.41) is 8.42. The van der Waals surface area contributed by atoms with Gasteiger partial charge in [-0.15, -0.1) is 0 Å². The van der Waals surface area contributed by atoms with Crippen LogP contribution in [0.5, 0.6) is 0 Å². The predicted octanol–water partition coefficient (Wildman–Crippen LogP) is 3.08. The third kappa shape index (κ3) is 2.54. The molecule has 2 heterocycles. The Hall–Kier alpha value is -2.21. The van der Waals surface area contributed by atoms with Gasteiger partial charge in [0.1, 0.15) is 5.69 Å². The molecular formula is C15H13BrN4O. The van der Waals surface area contributed by atoms with E-state index in [1.165, 1.54) is 0 Å². The van der Waals surface area contributed by atoms with E-state index in [4.69, 9.17) is 0 Å². The van der Waals surface area contributed by atoms with Crippen LogP contribution in [0.3, 0.4) is 0 Å². The van der Waals surface area contributed by atoms with Crippen LogP contribution >= 0.6 is 15.9 Å². The molecule has 0 bridgehead atoms. The number of carbonyl (C=O) groups is 1. The lowest BCUT2D eigenvalue weighted by Gasteiger charge is -2.03. The summed E-state index contributed by atoms with van der Waals surface area (Å²) in [5.74, 6) is -0.0941. The van der Waals surface area contributed by atoms with Crippen molar-refractivity contribution < 1.29 is 4.79 Å². The Bertz CT molecular complexity index is 776. The van der Waals surface area contributed by atoms with Crippen molar-refractivity contribution in [3.8, 4) is 5.69 Å².